The third-order valence-electron chi connectivity index (χ3n) is 3.02. The Bertz CT molecular complexity index is 785. The lowest BCUT2D eigenvalue weighted by Crippen LogP contribution is -1.99. The maximum absolute atomic E-state index is 13.2. The minimum Gasteiger partial charge on any atom is -0.458 e. The highest BCUT2D eigenvalue weighted by Crippen LogP contribution is 2.33. The van der Waals surface area contributed by atoms with Gasteiger partial charge in [0, 0.05) is 20.4 Å². The van der Waals surface area contributed by atoms with E-state index in [1.54, 1.807) is 24.3 Å². The van der Waals surface area contributed by atoms with Crippen molar-refractivity contribution in [2.75, 3.05) is 0 Å². The molecule has 0 aliphatic carbocycles. The predicted molar refractivity (Wildman–Crippen MR) is 79.4 cm³/mol. The van der Waals surface area contributed by atoms with Crippen LogP contribution in [0.2, 0.25) is 5.02 Å². The Morgan fingerprint density at radius 3 is 2.75 bits per heavy atom. The summed E-state index contributed by atoms with van der Waals surface area (Å²) in [7, 11) is 0. The molecule has 0 spiro atoms. The fourth-order valence-corrected chi connectivity index (χ4v) is 2.69. The number of aliphatic hydroxyl groups is 1. The molecule has 3 aromatic rings. The van der Waals surface area contributed by atoms with Crippen LogP contribution in [0.15, 0.2) is 51.4 Å². The summed E-state index contributed by atoms with van der Waals surface area (Å²) >= 11 is 9.30. The Labute approximate surface area is 127 Å². The topological polar surface area (TPSA) is 33.4 Å². The summed E-state index contributed by atoms with van der Waals surface area (Å²) in [6.45, 7) is 0. The summed E-state index contributed by atoms with van der Waals surface area (Å²) in [5.41, 5.74) is 1.12. The summed E-state index contributed by atoms with van der Waals surface area (Å²) in [6.07, 6.45) is -0.974. The van der Waals surface area contributed by atoms with E-state index in [4.69, 9.17) is 16.0 Å². The van der Waals surface area contributed by atoms with Gasteiger partial charge in [-0.1, -0.05) is 27.5 Å². The van der Waals surface area contributed by atoms with Crippen molar-refractivity contribution in [3.8, 4) is 0 Å². The summed E-state index contributed by atoms with van der Waals surface area (Å²) < 4.78 is 19.4. The highest BCUT2D eigenvalue weighted by molar-refractivity contribution is 9.10. The van der Waals surface area contributed by atoms with E-state index >= 15 is 0 Å². The molecule has 2 aromatic carbocycles. The first kappa shape index (κ1) is 13.6. The molecular weight excluding hydrogens is 347 g/mol. The van der Waals surface area contributed by atoms with Crippen molar-refractivity contribution < 1.29 is 13.9 Å². The quantitative estimate of drug-likeness (QED) is 0.696. The normalized spacial score (nSPS) is 12.8. The summed E-state index contributed by atoms with van der Waals surface area (Å²) in [4.78, 5) is 0. The lowest BCUT2D eigenvalue weighted by molar-refractivity contribution is 0.191. The number of benzene rings is 2. The number of rotatable bonds is 2. The first-order valence-corrected chi connectivity index (χ1v) is 7.04. The second-order valence-corrected chi connectivity index (χ2v) is 5.69. The molecule has 0 aliphatic heterocycles. The highest BCUT2D eigenvalue weighted by atomic mass is 79.9. The van der Waals surface area contributed by atoms with Gasteiger partial charge in [-0.05, 0) is 42.5 Å². The number of aliphatic hydroxyl groups excluding tert-OH is 1. The second-order valence-electron chi connectivity index (χ2n) is 4.40. The average molecular weight is 356 g/mol. The molecule has 102 valence electrons. The number of hydrogen-bond acceptors (Lipinski definition) is 2. The number of fused-ring (bicyclic) bond motifs is 1. The minimum atomic E-state index is -0.974. The molecule has 2 nitrogen and oxygen atoms in total. The van der Waals surface area contributed by atoms with Gasteiger partial charge in [-0.15, -0.1) is 0 Å². The van der Waals surface area contributed by atoms with Crippen LogP contribution in [-0.2, 0) is 0 Å². The van der Waals surface area contributed by atoms with Crippen LogP contribution in [0.5, 0.6) is 0 Å². The third-order valence-corrected chi connectivity index (χ3v) is 3.98. The SMILES string of the molecule is OC(c1cc2cc(F)ccc2o1)c1cc(Cl)ccc1Br. The zero-order valence-corrected chi connectivity index (χ0v) is 12.5. The standard InChI is InChI=1S/C15H9BrClFO2/c16-12-3-1-9(17)7-11(12)15(19)14-6-8-5-10(18)2-4-13(8)20-14/h1-7,15,19H. The fourth-order valence-electron chi connectivity index (χ4n) is 2.05. The summed E-state index contributed by atoms with van der Waals surface area (Å²) in [6, 6.07) is 11.0. The smallest absolute Gasteiger partial charge is 0.138 e. The van der Waals surface area contributed by atoms with E-state index in [2.05, 4.69) is 15.9 Å². The Kier molecular flexibility index (Phi) is 3.54. The molecular formula is C15H9BrClFO2. The maximum atomic E-state index is 13.2. The Balaban J connectivity index is 2.07. The lowest BCUT2D eigenvalue weighted by Gasteiger charge is -2.10. The molecule has 0 aliphatic rings. The Morgan fingerprint density at radius 2 is 1.95 bits per heavy atom. The third kappa shape index (κ3) is 2.46. The van der Waals surface area contributed by atoms with E-state index in [9.17, 15) is 9.50 Å². The second kappa shape index (κ2) is 5.20. The van der Waals surface area contributed by atoms with E-state index in [-0.39, 0.29) is 5.82 Å². The van der Waals surface area contributed by atoms with Crippen molar-refractivity contribution in [2.45, 2.75) is 6.10 Å². The zero-order chi connectivity index (χ0) is 14.3. The van der Waals surface area contributed by atoms with Gasteiger partial charge in [-0.25, -0.2) is 4.39 Å². The van der Waals surface area contributed by atoms with Crippen molar-refractivity contribution in [1.29, 1.82) is 0 Å². The van der Waals surface area contributed by atoms with Gasteiger partial charge in [0.25, 0.3) is 0 Å². The Morgan fingerprint density at radius 1 is 1.15 bits per heavy atom. The molecule has 1 aromatic heterocycles. The molecule has 0 bridgehead atoms. The van der Waals surface area contributed by atoms with Gasteiger partial charge in [-0.2, -0.15) is 0 Å². The van der Waals surface area contributed by atoms with Crippen LogP contribution in [0, 0.1) is 5.82 Å². The molecule has 0 fully saturated rings. The zero-order valence-electron chi connectivity index (χ0n) is 10.1. The van der Waals surface area contributed by atoms with Crippen molar-refractivity contribution in [3.63, 3.8) is 0 Å². The number of hydrogen-bond donors (Lipinski definition) is 1. The van der Waals surface area contributed by atoms with Crippen LogP contribution >= 0.6 is 27.5 Å². The van der Waals surface area contributed by atoms with E-state index in [1.807, 2.05) is 0 Å². The van der Waals surface area contributed by atoms with Crippen LogP contribution < -0.4 is 0 Å². The van der Waals surface area contributed by atoms with E-state index < -0.39 is 6.10 Å². The van der Waals surface area contributed by atoms with Gasteiger partial charge in [0.05, 0.1) is 0 Å². The predicted octanol–water partition coefficient (Wildman–Crippen LogP) is 5.07. The van der Waals surface area contributed by atoms with Crippen molar-refractivity contribution in [2.24, 2.45) is 0 Å². The minimum absolute atomic E-state index is 0.341. The van der Waals surface area contributed by atoms with Crippen molar-refractivity contribution >= 4 is 38.5 Å². The van der Waals surface area contributed by atoms with Crippen molar-refractivity contribution in [3.05, 3.63) is 69.1 Å². The van der Waals surface area contributed by atoms with Crippen LogP contribution in [0.1, 0.15) is 17.4 Å². The monoisotopic (exact) mass is 354 g/mol. The summed E-state index contributed by atoms with van der Waals surface area (Å²) in [5, 5.41) is 11.5. The van der Waals surface area contributed by atoms with Gasteiger partial charge < -0.3 is 9.52 Å². The fraction of sp³-hybridized carbons (Fsp3) is 0.0667. The van der Waals surface area contributed by atoms with E-state index in [0.29, 0.717) is 27.3 Å². The lowest BCUT2D eigenvalue weighted by atomic mass is 10.1. The molecule has 0 saturated carbocycles. The van der Waals surface area contributed by atoms with Crippen LogP contribution in [0.4, 0.5) is 4.39 Å². The molecule has 1 atom stereocenters. The van der Waals surface area contributed by atoms with E-state index in [1.165, 1.54) is 18.2 Å². The average Bonchev–Trinajstić information content (AvgIpc) is 2.83. The molecule has 0 amide bonds. The van der Waals surface area contributed by atoms with Crippen molar-refractivity contribution in [1.82, 2.24) is 0 Å². The molecule has 3 rings (SSSR count). The number of halogens is 3. The highest BCUT2D eigenvalue weighted by Gasteiger charge is 2.18. The first-order chi connectivity index (χ1) is 9.54. The first-order valence-electron chi connectivity index (χ1n) is 5.86. The van der Waals surface area contributed by atoms with Gasteiger partial charge >= 0.3 is 0 Å². The Hall–Kier alpha value is -1.36. The molecule has 1 heterocycles. The van der Waals surface area contributed by atoms with Gasteiger partial charge in [0.1, 0.15) is 23.3 Å². The molecule has 20 heavy (non-hydrogen) atoms. The van der Waals surface area contributed by atoms with Gasteiger partial charge in [-0.3, -0.25) is 0 Å². The largest absolute Gasteiger partial charge is 0.458 e. The molecule has 0 radical (unpaired) electrons. The van der Waals surface area contributed by atoms with Crippen LogP contribution in [0.25, 0.3) is 11.0 Å². The van der Waals surface area contributed by atoms with Gasteiger partial charge in [0.15, 0.2) is 0 Å². The van der Waals surface area contributed by atoms with Gasteiger partial charge in [0.2, 0.25) is 0 Å². The maximum Gasteiger partial charge on any atom is 0.138 e. The van der Waals surface area contributed by atoms with Crippen LogP contribution in [-0.4, -0.2) is 5.11 Å². The molecule has 5 heteroatoms. The molecule has 0 saturated heterocycles. The molecule has 1 unspecified atom stereocenters. The van der Waals surface area contributed by atoms with Crippen LogP contribution in [0.3, 0.4) is 0 Å². The number of furan rings is 1. The molecule has 1 N–H and O–H groups in total. The van der Waals surface area contributed by atoms with E-state index in [0.717, 1.165) is 4.47 Å². The summed E-state index contributed by atoms with van der Waals surface area (Å²) in [5.74, 6) is -0.00292.